The first-order valence-electron chi connectivity index (χ1n) is 12.7. The molecule has 1 unspecified atom stereocenters. The Kier molecular flexibility index (Phi) is 9.85. The van der Waals surface area contributed by atoms with Gasteiger partial charge in [-0.3, -0.25) is 15.0 Å². The Balaban J connectivity index is 1.52. The lowest BCUT2D eigenvalue weighted by molar-refractivity contribution is -0.145. The van der Waals surface area contributed by atoms with Crippen LogP contribution < -0.4 is 16.6 Å². The summed E-state index contributed by atoms with van der Waals surface area (Å²) in [6.45, 7) is 8.08. The smallest absolute Gasteiger partial charge is 0.244 e. The van der Waals surface area contributed by atoms with Crippen molar-refractivity contribution in [2.24, 2.45) is 11.8 Å². The lowest BCUT2D eigenvalue weighted by atomic mass is 9.87. The summed E-state index contributed by atoms with van der Waals surface area (Å²) in [6.07, 6.45) is 8.13. The Morgan fingerprint density at radius 2 is 1.97 bits per heavy atom. The zero-order valence-corrected chi connectivity index (χ0v) is 21.6. The molecular weight excluding hydrogens is 466 g/mol. The van der Waals surface area contributed by atoms with Crippen molar-refractivity contribution < 1.29 is 34.0 Å². The van der Waals surface area contributed by atoms with E-state index >= 15 is 0 Å². The van der Waals surface area contributed by atoms with Gasteiger partial charge in [0.1, 0.15) is 17.8 Å². The molecule has 0 bridgehead atoms. The largest absolute Gasteiger partial charge is 0.389 e. The lowest BCUT2D eigenvalue weighted by Gasteiger charge is -2.39. The Bertz CT molecular complexity index is 868. The third-order valence-corrected chi connectivity index (χ3v) is 7.15. The van der Waals surface area contributed by atoms with Crippen molar-refractivity contribution >= 4 is 11.8 Å². The van der Waals surface area contributed by atoms with Crippen molar-refractivity contribution in [3.63, 3.8) is 0 Å². The average molecular weight is 508 g/mol. The van der Waals surface area contributed by atoms with Crippen LogP contribution in [0.5, 0.6) is 0 Å². The van der Waals surface area contributed by atoms with Gasteiger partial charge in [-0.15, -0.1) is 0 Å². The van der Waals surface area contributed by atoms with E-state index in [1.807, 2.05) is 26.0 Å². The van der Waals surface area contributed by atoms with Crippen molar-refractivity contribution in [1.29, 1.82) is 0 Å². The molecule has 10 heteroatoms. The highest BCUT2D eigenvalue weighted by atomic mass is 16.6. The highest BCUT2D eigenvalue weighted by Crippen LogP contribution is 2.43. The maximum absolute atomic E-state index is 12.1. The predicted octanol–water partition coefficient (Wildman–Crippen LogP) is 0.782. The topological polar surface area (TPSA) is 156 Å². The van der Waals surface area contributed by atoms with Gasteiger partial charge in [-0.1, -0.05) is 36.8 Å². The van der Waals surface area contributed by atoms with Gasteiger partial charge in [0.2, 0.25) is 11.8 Å². The van der Waals surface area contributed by atoms with Crippen molar-refractivity contribution in [2.75, 3.05) is 6.61 Å². The molecule has 6 N–H and O–H groups in total. The molecule has 0 aromatic rings. The van der Waals surface area contributed by atoms with E-state index in [0.29, 0.717) is 19.4 Å². The van der Waals surface area contributed by atoms with Gasteiger partial charge in [-0.05, 0) is 39.5 Å². The van der Waals surface area contributed by atoms with E-state index in [1.54, 1.807) is 6.92 Å². The van der Waals surface area contributed by atoms with Crippen LogP contribution in [0.4, 0.5) is 0 Å². The van der Waals surface area contributed by atoms with E-state index in [0.717, 1.165) is 12.0 Å². The van der Waals surface area contributed by atoms with E-state index in [-0.39, 0.29) is 48.5 Å². The van der Waals surface area contributed by atoms with Crippen molar-refractivity contribution in [3.8, 4) is 0 Å². The molecule has 3 heterocycles. The number of hydrogen-bond donors (Lipinski definition) is 5. The first-order chi connectivity index (χ1) is 17.0. The van der Waals surface area contributed by atoms with Gasteiger partial charge in [0.15, 0.2) is 0 Å². The van der Waals surface area contributed by atoms with Crippen LogP contribution in [-0.2, 0) is 23.8 Å². The third kappa shape index (κ3) is 7.71. The number of nitrogens with two attached hydrogens (primary N) is 1. The maximum Gasteiger partial charge on any atom is 0.244 e. The molecule has 10 nitrogen and oxygen atoms in total. The second kappa shape index (κ2) is 12.4. The number of aliphatic hydroxyl groups excluding tert-OH is 2. The Morgan fingerprint density at radius 1 is 1.25 bits per heavy atom. The third-order valence-electron chi connectivity index (χ3n) is 7.15. The minimum Gasteiger partial charge on any atom is -0.389 e. The quantitative estimate of drug-likeness (QED) is 0.0766. The van der Waals surface area contributed by atoms with Gasteiger partial charge in [0.25, 0.3) is 0 Å². The fourth-order valence-corrected chi connectivity index (χ4v) is 4.86. The minimum atomic E-state index is -0.802. The van der Waals surface area contributed by atoms with Crippen LogP contribution in [0.25, 0.3) is 0 Å². The summed E-state index contributed by atoms with van der Waals surface area (Å²) in [5.41, 5.74) is 2.47. The summed E-state index contributed by atoms with van der Waals surface area (Å²) >= 11 is 0. The van der Waals surface area contributed by atoms with Crippen molar-refractivity contribution in [3.05, 3.63) is 36.0 Å². The summed E-state index contributed by atoms with van der Waals surface area (Å²) in [5, 5.41) is 23.0. The van der Waals surface area contributed by atoms with Gasteiger partial charge < -0.3 is 29.7 Å². The fourth-order valence-electron chi connectivity index (χ4n) is 4.86. The predicted molar refractivity (Wildman–Crippen MR) is 133 cm³/mol. The second-order valence-corrected chi connectivity index (χ2v) is 10.3. The SMILES string of the molecule is CC(/C=C/[C@H]1O[C@H](CC(=O)NN)C[C@@]2(CO2)[C@@H]1O)=C\C[C@@H]1O[C@H](C)[C@H](NC(=O)C=CC(C)O)C[C@@H]1C. The van der Waals surface area contributed by atoms with Gasteiger partial charge in [0, 0.05) is 12.5 Å². The monoisotopic (exact) mass is 507 g/mol. The molecule has 36 heavy (non-hydrogen) atoms. The zero-order valence-electron chi connectivity index (χ0n) is 21.6. The number of epoxide rings is 1. The molecule has 3 fully saturated rings. The molecule has 1 spiro atoms. The number of ether oxygens (including phenoxy) is 3. The summed E-state index contributed by atoms with van der Waals surface area (Å²) in [5.74, 6) is 4.88. The molecule has 3 rings (SSSR count). The molecule has 9 atom stereocenters. The molecule has 202 valence electrons. The number of rotatable bonds is 9. The molecule has 0 radical (unpaired) electrons. The number of aliphatic hydroxyl groups is 2. The van der Waals surface area contributed by atoms with E-state index in [1.165, 1.54) is 12.2 Å². The summed E-state index contributed by atoms with van der Waals surface area (Å²) < 4.78 is 17.7. The van der Waals surface area contributed by atoms with Crippen LogP contribution in [0.15, 0.2) is 36.0 Å². The molecule has 2 amide bonds. The normalized spacial score (nSPS) is 37.9. The summed E-state index contributed by atoms with van der Waals surface area (Å²) in [7, 11) is 0. The number of nitrogens with one attached hydrogen (secondary N) is 2. The Morgan fingerprint density at radius 3 is 2.61 bits per heavy atom. The number of carbonyl (C=O) groups is 2. The summed E-state index contributed by atoms with van der Waals surface area (Å²) in [4.78, 5) is 23.8. The Labute approximate surface area is 212 Å². The number of allylic oxidation sites excluding steroid dienone is 2. The number of hydrazine groups is 1. The second-order valence-electron chi connectivity index (χ2n) is 10.3. The first-order valence-corrected chi connectivity index (χ1v) is 12.7. The summed E-state index contributed by atoms with van der Waals surface area (Å²) in [6, 6.07) is -0.0939. The van der Waals surface area contributed by atoms with E-state index < -0.39 is 23.9 Å². The molecule has 3 saturated heterocycles. The van der Waals surface area contributed by atoms with Gasteiger partial charge in [-0.2, -0.15) is 0 Å². The molecule has 0 aliphatic carbocycles. The van der Waals surface area contributed by atoms with E-state index in [9.17, 15) is 19.8 Å². The maximum atomic E-state index is 12.1. The van der Waals surface area contributed by atoms with Gasteiger partial charge in [0.05, 0.1) is 43.5 Å². The molecule has 0 aromatic heterocycles. The van der Waals surface area contributed by atoms with Crippen LogP contribution in [0, 0.1) is 5.92 Å². The highest BCUT2D eigenvalue weighted by molar-refractivity contribution is 5.87. The number of carbonyl (C=O) groups excluding carboxylic acids is 2. The Hall–Kier alpha value is -2.08. The minimum absolute atomic E-state index is 0.0170. The van der Waals surface area contributed by atoms with Crippen LogP contribution in [0.3, 0.4) is 0 Å². The molecule has 3 aliphatic rings. The van der Waals surface area contributed by atoms with E-state index in [2.05, 4.69) is 23.7 Å². The van der Waals surface area contributed by atoms with Crippen molar-refractivity contribution in [2.45, 2.75) is 102 Å². The van der Waals surface area contributed by atoms with Crippen LogP contribution in [-0.4, -0.2) is 76.9 Å². The average Bonchev–Trinajstić information content (AvgIpc) is 3.60. The molecule has 0 saturated carbocycles. The number of amides is 2. The number of hydrogen-bond acceptors (Lipinski definition) is 8. The van der Waals surface area contributed by atoms with E-state index in [4.69, 9.17) is 20.1 Å². The first kappa shape index (κ1) is 28.5. The van der Waals surface area contributed by atoms with Crippen LogP contribution in [0.2, 0.25) is 0 Å². The standard InChI is InChI=1S/C26H41N3O7/c1-15(6-9-22-25(33)26(14-34-26)13-19(36-22)12-24(32)29-27)5-8-21-16(2)11-20(18(4)35-21)28-23(31)10-7-17(3)30/h5-7,9-10,16-22,25,30,33H,8,11-14,27H2,1-4H3,(H,28,31)(H,29,32)/b9-6+,10-7?,15-5+/t16-,17?,18+,19+,20+,21-,22+,25+,26+/m0/s1. The fraction of sp³-hybridized carbons (Fsp3) is 0.692. The highest BCUT2D eigenvalue weighted by Gasteiger charge is 2.58. The molecular formula is C26H41N3O7. The van der Waals surface area contributed by atoms with Gasteiger partial charge in [-0.25, -0.2) is 5.84 Å². The molecule has 0 aromatic carbocycles. The van der Waals surface area contributed by atoms with Gasteiger partial charge >= 0.3 is 0 Å². The van der Waals surface area contributed by atoms with Crippen LogP contribution in [0.1, 0.15) is 53.4 Å². The lowest BCUT2D eigenvalue weighted by Crippen LogP contribution is -2.51. The van der Waals surface area contributed by atoms with Crippen LogP contribution >= 0.6 is 0 Å². The van der Waals surface area contributed by atoms with Crippen molar-refractivity contribution in [1.82, 2.24) is 10.7 Å². The zero-order chi connectivity index (χ0) is 26.5. The molecule has 3 aliphatic heterocycles.